The van der Waals surface area contributed by atoms with Crippen molar-refractivity contribution in [3.8, 4) is 0 Å². The van der Waals surface area contributed by atoms with Gasteiger partial charge >= 0.3 is 0 Å². The Morgan fingerprint density at radius 3 is 2.47 bits per heavy atom. The Kier molecular flexibility index (Phi) is 6.40. The Bertz CT molecular complexity index is 1060. The van der Waals surface area contributed by atoms with Crippen molar-refractivity contribution in [2.24, 2.45) is 0 Å². The zero-order chi connectivity index (χ0) is 22.7. The summed E-state index contributed by atoms with van der Waals surface area (Å²) < 4.78 is 0. The molecular weight excluding hydrogens is 402 g/mol. The van der Waals surface area contributed by atoms with Crippen LogP contribution >= 0.6 is 0 Å². The van der Waals surface area contributed by atoms with Gasteiger partial charge < -0.3 is 14.7 Å². The number of fused-ring (bicyclic) bond motifs is 1. The molecule has 6 heteroatoms. The number of benzene rings is 2. The lowest BCUT2D eigenvalue weighted by molar-refractivity contribution is -0.134. The maximum atomic E-state index is 13.2. The summed E-state index contributed by atoms with van der Waals surface area (Å²) in [4.78, 5) is 43.7. The van der Waals surface area contributed by atoms with Crippen molar-refractivity contribution < 1.29 is 14.4 Å². The van der Waals surface area contributed by atoms with Gasteiger partial charge in [-0.25, -0.2) is 0 Å². The maximum absolute atomic E-state index is 13.2. The van der Waals surface area contributed by atoms with Crippen molar-refractivity contribution in [3.63, 3.8) is 0 Å². The fourth-order valence-corrected chi connectivity index (χ4v) is 4.54. The number of hydrogen-bond donors (Lipinski definition) is 0. The van der Waals surface area contributed by atoms with E-state index in [9.17, 15) is 14.4 Å². The molecule has 0 aliphatic carbocycles. The molecule has 1 atom stereocenters. The fraction of sp³-hybridized carbons (Fsp3) is 0.346. The molecule has 1 fully saturated rings. The van der Waals surface area contributed by atoms with Crippen molar-refractivity contribution in [1.29, 1.82) is 0 Å². The summed E-state index contributed by atoms with van der Waals surface area (Å²) in [7, 11) is 0. The summed E-state index contributed by atoms with van der Waals surface area (Å²) in [5.74, 6) is -0.0624. The van der Waals surface area contributed by atoms with Crippen molar-refractivity contribution in [2.75, 3.05) is 26.2 Å². The lowest BCUT2D eigenvalue weighted by Gasteiger charge is -2.33. The largest absolute Gasteiger partial charge is 0.341 e. The van der Waals surface area contributed by atoms with Gasteiger partial charge in [0.1, 0.15) is 0 Å². The molecule has 0 saturated carbocycles. The number of nitrogens with zero attached hydrogens (tertiary/aromatic N) is 3. The molecule has 6 nitrogen and oxygen atoms in total. The van der Waals surface area contributed by atoms with Crippen LogP contribution in [-0.2, 0) is 9.59 Å². The van der Waals surface area contributed by atoms with Gasteiger partial charge in [-0.05, 0) is 42.7 Å². The van der Waals surface area contributed by atoms with Crippen LogP contribution in [0.1, 0.15) is 52.9 Å². The molecule has 1 unspecified atom stereocenters. The molecule has 1 saturated heterocycles. The highest BCUT2D eigenvalue weighted by atomic mass is 16.2. The summed E-state index contributed by atoms with van der Waals surface area (Å²) in [6.07, 6.45) is 4.65. The van der Waals surface area contributed by atoms with Crippen molar-refractivity contribution >= 4 is 23.8 Å². The van der Waals surface area contributed by atoms with E-state index in [1.807, 2.05) is 71.3 Å². The first-order chi connectivity index (χ1) is 15.4. The third kappa shape index (κ3) is 4.59. The molecule has 0 aromatic heterocycles. The predicted octanol–water partition coefficient (Wildman–Crippen LogP) is 3.63. The Labute approximate surface area is 189 Å². The van der Waals surface area contributed by atoms with E-state index < -0.39 is 0 Å². The van der Waals surface area contributed by atoms with Gasteiger partial charge in [0.05, 0.1) is 12.5 Å². The molecule has 2 aliphatic heterocycles. The highest BCUT2D eigenvalue weighted by Crippen LogP contribution is 2.33. The zero-order valence-electron chi connectivity index (χ0n) is 18.7. The van der Waals surface area contributed by atoms with Crippen LogP contribution in [0, 0.1) is 6.92 Å². The van der Waals surface area contributed by atoms with Gasteiger partial charge in [-0.15, -0.1) is 0 Å². The Morgan fingerprint density at radius 2 is 1.69 bits per heavy atom. The average molecular weight is 432 g/mol. The lowest BCUT2D eigenvalue weighted by atomic mass is 9.93. The number of carbonyl (C=O) groups excluding carboxylic acids is 3. The van der Waals surface area contributed by atoms with Gasteiger partial charge in [-0.3, -0.25) is 14.4 Å². The normalized spacial score (nSPS) is 18.2. The quantitative estimate of drug-likeness (QED) is 0.746. The predicted molar refractivity (Wildman–Crippen MR) is 124 cm³/mol. The van der Waals surface area contributed by atoms with Crippen molar-refractivity contribution in [1.82, 2.24) is 14.7 Å². The molecule has 166 valence electrons. The molecule has 32 heavy (non-hydrogen) atoms. The summed E-state index contributed by atoms with van der Waals surface area (Å²) in [6, 6.07) is 15.2. The second-order valence-corrected chi connectivity index (χ2v) is 8.49. The summed E-state index contributed by atoms with van der Waals surface area (Å²) >= 11 is 0. The van der Waals surface area contributed by atoms with E-state index in [1.165, 1.54) is 6.92 Å². The smallest absolute Gasteiger partial charge is 0.253 e. The van der Waals surface area contributed by atoms with E-state index in [4.69, 9.17) is 0 Å². The molecule has 0 N–H and O–H groups in total. The first kappa shape index (κ1) is 21.8. The Morgan fingerprint density at radius 1 is 0.938 bits per heavy atom. The SMILES string of the molecule is CC(=O)N1C=Cc2ccccc2C1CC(=O)N1CCCN(C(=O)c2cccc(C)c2)CC1. The van der Waals surface area contributed by atoms with E-state index >= 15 is 0 Å². The number of aryl methyl sites for hydroxylation is 1. The number of amides is 3. The molecule has 2 aliphatic rings. The van der Waals surface area contributed by atoms with Crippen molar-refractivity contribution in [2.45, 2.75) is 32.7 Å². The van der Waals surface area contributed by atoms with Gasteiger partial charge in [-0.2, -0.15) is 0 Å². The summed E-state index contributed by atoms with van der Waals surface area (Å²) in [6.45, 7) is 5.75. The number of hydrogen-bond acceptors (Lipinski definition) is 3. The van der Waals surface area contributed by atoms with E-state index in [0.717, 1.165) is 23.1 Å². The van der Waals surface area contributed by atoms with E-state index in [2.05, 4.69) is 0 Å². The standard InChI is InChI=1S/C26H29N3O3/c1-19-7-5-9-22(17-19)26(32)28-13-6-12-27(15-16-28)25(31)18-24-23-10-4-3-8-21(23)11-14-29(24)20(2)30/h3-5,7-11,14,17,24H,6,12-13,15-16,18H2,1-2H3. The number of rotatable bonds is 3. The summed E-state index contributed by atoms with van der Waals surface area (Å²) in [5, 5.41) is 0. The maximum Gasteiger partial charge on any atom is 0.253 e. The molecule has 2 heterocycles. The van der Waals surface area contributed by atoms with Crippen LogP contribution in [0.25, 0.3) is 6.08 Å². The monoisotopic (exact) mass is 431 g/mol. The summed E-state index contributed by atoms with van der Waals surface area (Å²) in [5.41, 5.74) is 3.77. The molecule has 0 spiro atoms. The minimum atomic E-state index is -0.311. The molecule has 2 aromatic rings. The zero-order valence-corrected chi connectivity index (χ0v) is 18.7. The van der Waals surface area contributed by atoms with Gasteiger partial charge in [0.15, 0.2) is 0 Å². The van der Waals surface area contributed by atoms with Gasteiger partial charge in [0.2, 0.25) is 11.8 Å². The van der Waals surface area contributed by atoms with Crippen LogP contribution < -0.4 is 0 Å². The van der Waals surface area contributed by atoms with Crippen LogP contribution in [0.15, 0.2) is 54.7 Å². The lowest BCUT2D eigenvalue weighted by Crippen LogP contribution is -2.40. The Hall–Kier alpha value is -3.41. The van der Waals surface area contributed by atoms with Crippen LogP contribution in [0.5, 0.6) is 0 Å². The van der Waals surface area contributed by atoms with Crippen LogP contribution in [0.2, 0.25) is 0 Å². The molecule has 0 radical (unpaired) electrons. The first-order valence-corrected chi connectivity index (χ1v) is 11.1. The molecule has 2 aromatic carbocycles. The van der Waals surface area contributed by atoms with Gasteiger partial charge in [0, 0.05) is 44.9 Å². The van der Waals surface area contributed by atoms with Gasteiger partial charge in [0.25, 0.3) is 5.91 Å². The molecular formula is C26H29N3O3. The van der Waals surface area contributed by atoms with E-state index in [-0.39, 0.29) is 30.2 Å². The van der Waals surface area contributed by atoms with Crippen LogP contribution in [0.4, 0.5) is 0 Å². The average Bonchev–Trinajstić information content (AvgIpc) is 3.05. The molecule has 3 amide bonds. The minimum Gasteiger partial charge on any atom is -0.341 e. The molecule has 4 rings (SSSR count). The van der Waals surface area contributed by atoms with Crippen molar-refractivity contribution in [3.05, 3.63) is 77.0 Å². The fourth-order valence-electron chi connectivity index (χ4n) is 4.54. The second-order valence-electron chi connectivity index (χ2n) is 8.49. The third-order valence-corrected chi connectivity index (χ3v) is 6.24. The van der Waals surface area contributed by atoms with Crippen LogP contribution in [0.3, 0.4) is 0 Å². The molecule has 0 bridgehead atoms. The van der Waals surface area contributed by atoms with Crippen LogP contribution in [-0.4, -0.2) is 58.6 Å². The van der Waals surface area contributed by atoms with E-state index in [0.29, 0.717) is 31.7 Å². The topological polar surface area (TPSA) is 60.9 Å². The highest BCUT2D eigenvalue weighted by molar-refractivity contribution is 5.94. The first-order valence-electron chi connectivity index (χ1n) is 11.1. The second kappa shape index (κ2) is 9.39. The Balaban J connectivity index is 1.44. The van der Waals surface area contributed by atoms with E-state index in [1.54, 1.807) is 11.1 Å². The van der Waals surface area contributed by atoms with Gasteiger partial charge in [-0.1, -0.05) is 42.0 Å². The highest BCUT2D eigenvalue weighted by Gasteiger charge is 2.31. The number of carbonyl (C=O) groups is 3. The minimum absolute atomic E-state index is 0.0104. The third-order valence-electron chi connectivity index (χ3n) is 6.24.